The average Bonchev–Trinajstić information content (AvgIpc) is 2.62. The minimum atomic E-state index is 0.395. The molecule has 3 rings (SSSR count). The minimum absolute atomic E-state index is 0.395. The molecule has 0 aromatic heterocycles. The Kier molecular flexibility index (Phi) is 1.17. The van der Waals surface area contributed by atoms with Gasteiger partial charge in [0.2, 0.25) is 0 Å². The topological polar surface area (TPSA) is 9.23 Å². The van der Waals surface area contributed by atoms with E-state index in [2.05, 4.69) is 31.2 Å². The van der Waals surface area contributed by atoms with Crippen LogP contribution in [0.15, 0.2) is 24.3 Å². The summed E-state index contributed by atoms with van der Waals surface area (Å²) < 4.78 is 5.85. The van der Waals surface area contributed by atoms with Crippen molar-refractivity contribution in [1.82, 2.24) is 0 Å². The highest BCUT2D eigenvalue weighted by Crippen LogP contribution is 2.53. The van der Waals surface area contributed by atoms with Crippen LogP contribution in [0.25, 0.3) is 0 Å². The third-order valence-corrected chi connectivity index (χ3v) is 3.06. The zero-order chi connectivity index (χ0) is 8.13. The van der Waals surface area contributed by atoms with Crippen LogP contribution in [0.5, 0.6) is 0 Å². The SMILES string of the molecule is CC1CC2OC1c1ccccc12. The van der Waals surface area contributed by atoms with Gasteiger partial charge in [-0.3, -0.25) is 0 Å². The molecule has 1 heteroatoms. The Labute approximate surface area is 72.4 Å². The lowest BCUT2D eigenvalue weighted by Crippen LogP contribution is -2.06. The van der Waals surface area contributed by atoms with Crippen LogP contribution in [0.4, 0.5) is 0 Å². The van der Waals surface area contributed by atoms with Gasteiger partial charge in [-0.05, 0) is 23.5 Å². The van der Waals surface area contributed by atoms with Crippen LogP contribution in [0.3, 0.4) is 0 Å². The van der Waals surface area contributed by atoms with E-state index in [9.17, 15) is 0 Å². The Morgan fingerprint density at radius 3 is 2.83 bits per heavy atom. The highest BCUT2D eigenvalue weighted by molar-refractivity contribution is 5.37. The van der Waals surface area contributed by atoms with Gasteiger partial charge in [-0.25, -0.2) is 0 Å². The zero-order valence-corrected chi connectivity index (χ0v) is 7.16. The van der Waals surface area contributed by atoms with Crippen LogP contribution in [-0.4, -0.2) is 0 Å². The standard InChI is InChI=1S/C11H12O/c1-7-6-10-8-4-2-3-5-9(8)11(7)12-10/h2-5,7,10-11H,6H2,1H3. The minimum Gasteiger partial charge on any atom is -0.365 e. The molecule has 1 saturated heterocycles. The predicted octanol–water partition coefficient (Wildman–Crippen LogP) is 2.84. The van der Waals surface area contributed by atoms with Gasteiger partial charge in [0, 0.05) is 0 Å². The highest BCUT2D eigenvalue weighted by Gasteiger charge is 2.42. The third-order valence-electron chi connectivity index (χ3n) is 3.06. The first-order valence-electron chi connectivity index (χ1n) is 4.60. The van der Waals surface area contributed by atoms with Gasteiger partial charge in [-0.2, -0.15) is 0 Å². The molecule has 1 fully saturated rings. The van der Waals surface area contributed by atoms with E-state index in [1.54, 1.807) is 0 Å². The van der Waals surface area contributed by atoms with Crippen LogP contribution in [0.2, 0.25) is 0 Å². The molecule has 62 valence electrons. The molecule has 12 heavy (non-hydrogen) atoms. The van der Waals surface area contributed by atoms with Crippen LogP contribution < -0.4 is 0 Å². The van der Waals surface area contributed by atoms with Crippen LogP contribution in [-0.2, 0) is 4.74 Å². The maximum absolute atomic E-state index is 5.85. The predicted molar refractivity (Wildman–Crippen MR) is 46.8 cm³/mol. The smallest absolute Gasteiger partial charge is 0.0863 e. The van der Waals surface area contributed by atoms with Crippen molar-refractivity contribution >= 4 is 0 Å². The van der Waals surface area contributed by atoms with Crippen molar-refractivity contribution in [3.8, 4) is 0 Å². The van der Waals surface area contributed by atoms with E-state index in [0.717, 1.165) is 0 Å². The second kappa shape index (κ2) is 2.11. The molecule has 3 atom stereocenters. The molecule has 1 nitrogen and oxygen atoms in total. The summed E-state index contributed by atoms with van der Waals surface area (Å²) in [5, 5.41) is 0. The van der Waals surface area contributed by atoms with Crippen molar-refractivity contribution in [2.75, 3.05) is 0 Å². The number of benzene rings is 1. The summed E-state index contributed by atoms with van der Waals surface area (Å²) in [6.45, 7) is 2.28. The van der Waals surface area contributed by atoms with Gasteiger partial charge in [-0.15, -0.1) is 0 Å². The first kappa shape index (κ1) is 6.67. The van der Waals surface area contributed by atoms with E-state index in [-0.39, 0.29) is 0 Å². The number of hydrogen-bond donors (Lipinski definition) is 0. The quantitative estimate of drug-likeness (QED) is 0.567. The summed E-state index contributed by atoms with van der Waals surface area (Å²) >= 11 is 0. The molecule has 0 aliphatic carbocycles. The van der Waals surface area contributed by atoms with E-state index in [0.29, 0.717) is 18.1 Å². The lowest BCUT2D eigenvalue weighted by molar-refractivity contribution is 0.0620. The summed E-state index contributed by atoms with van der Waals surface area (Å²) in [6.07, 6.45) is 2.01. The fourth-order valence-electron chi connectivity index (χ4n) is 2.47. The largest absolute Gasteiger partial charge is 0.365 e. The molecular weight excluding hydrogens is 148 g/mol. The summed E-state index contributed by atoms with van der Waals surface area (Å²) in [6, 6.07) is 8.62. The normalized spacial score (nSPS) is 36.9. The lowest BCUT2D eigenvalue weighted by atomic mass is 9.85. The maximum atomic E-state index is 5.85. The van der Waals surface area contributed by atoms with E-state index < -0.39 is 0 Å². The van der Waals surface area contributed by atoms with Gasteiger partial charge < -0.3 is 4.74 Å². The van der Waals surface area contributed by atoms with Crippen molar-refractivity contribution in [3.63, 3.8) is 0 Å². The Bertz CT molecular complexity index is 319. The Hall–Kier alpha value is -0.820. The molecule has 2 aliphatic heterocycles. The fourth-order valence-corrected chi connectivity index (χ4v) is 2.47. The molecule has 0 radical (unpaired) electrons. The van der Waals surface area contributed by atoms with Gasteiger partial charge in [-0.1, -0.05) is 31.2 Å². The first-order chi connectivity index (χ1) is 5.86. The molecule has 0 spiro atoms. The van der Waals surface area contributed by atoms with Crippen LogP contribution in [0.1, 0.15) is 36.7 Å². The monoisotopic (exact) mass is 160 g/mol. The molecule has 2 bridgehead atoms. The van der Waals surface area contributed by atoms with Crippen LogP contribution >= 0.6 is 0 Å². The zero-order valence-electron chi connectivity index (χ0n) is 7.16. The third kappa shape index (κ3) is 0.674. The first-order valence-corrected chi connectivity index (χ1v) is 4.60. The molecule has 2 aliphatic rings. The summed E-state index contributed by atoms with van der Waals surface area (Å²) in [5.74, 6) is 0.713. The second-order valence-corrected chi connectivity index (χ2v) is 3.89. The molecular formula is C11H12O. The number of rotatable bonds is 0. The van der Waals surface area contributed by atoms with Crippen molar-refractivity contribution in [2.24, 2.45) is 5.92 Å². The van der Waals surface area contributed by atoms with Gasteiger partial charge in [0.15, 0.2) is 0 Å². The van der Waals surface area contributed by atoms with Gasteiger partial charge in [0.1, 0.15) is 0 Å². The van der Waals surface area contributed by atoms with Gasteiger partial charge in [0.05, 0.1) is 12.2 Å². The summed E-state index contributed by atoms with van der Waals surface area (Å²) in [4.78, 5) is 0. The number of hydrogen-bond acceptors (Lipinski definition) is 1. The van der Waals surface area contributed by atoms with Crippen LogP contribution in [0, 0.1) is 5.92 Å². The Morgan fingerprint density at radius 1 is 1.25 bits per heavy atom. The van der Waals surface area contributed by atoms with E-state index in [1.807, 2.05) is 0 Å². The maximum Gasteiger partial charge on any atom is 0.0863 e. The van der Waals surface area contributed by atoms with E-state index in [4.69, 9.17) is 4.74 Å². The van der Waals surface area contributed by atoms with Crippen molar-refractivity contribution in [3.05, 3.63) is 35.4 Å². The van der Waals surface area contributed by atoms with Crippen molar-refractivity contribution in [2.45, 2.75) is 25.6 Å². The van der Waals surface area contributed by atoms with Gasteiger partial charge >= 0.3 is 0 Å². The Balaban J connectivity index is 2.17. The fraction of sp³-hybridized carbons (Fsp3) is 0.455. The van der Waals surface area contributed by atoms with Crippen molar-refractivity contribution < 1.29 is 4.74 Å². The molecule has 1 aromatic rings. The Morgan fingerprint density at radius 2 is 2.00 bits per heavy atom. The number of ether oxygens (including phenoxy) is 1. The van der Waals surface area contributed by atoms with E-state index >= 15 is 0 Å². The van der Waals surface area contributed by atoms with Gasteiger partial charge in [0.25, 0.3) is 0 Å². The summed E-state index contributed by atoms with van der Waals surface area (Å²) in [5.41, 5.74) is 2.86. The average molecular weight is 160 g/mol. The molecule has 3 unspecified atom stereocenters. The molecule has 0 N–H and O–H groups in total. The molecule has 2 heterocycles. The lowest BCUT2D eigenvalue weighted by Gasteiger charge is -2.16. The highest BCUT2D eigenvalue weighted by atomic mass is 16.5. The second-order valence-electron chi connectivity index (χ2n) is 3.89. The molecule has 0 amide bonds. The summed E-state index contributed by atoms with van der Waals surface area (Å²) in [7, 11) is 0. The number of fused-ring (bicyclic) bond motifs is 5. The van der Waals surface area contributed by atoms with E-state index in [1.165, 1.54) is 17.5 Å². The van der Waals surface area contributed by atoms with Crippen molar-refractivity contribution in [1.29, 1.82) is 0 Å². The molecule has 0 saturated carbocycles. The molecule has 1 aromatic carbocycles.